The summed E-state index contributed by atoms with van der Waals surface area (Å²) in [7, 11) is 2.88. The van der Waals surface area contributed by atoms with E-state index in [2.05, 4.69) is 17.8 Å². The van der Waals surface area contributed by atoms with Crippen LogP contribution in [0.4, 0.5) is 0 Å². The predicted molar refractivity (Wildman–Crippen MR) is 101 cm³/mol. The van der Waals surface area contributed by atoms with Gasteiger partial charge in [-0.25, -0.2) is 0 Å². The van der Waals surface area contributed by atoms with Crippen LogP contribution >= 0.6 is 11.6 Å². The quantitative estimate of drug-likeness (QED) is 0.707. The Morgan fingerprint density at radius 3 is 2.33 bits per heavy atom. The van der Waals surface area contributed by atoms with E-state index in [0.717, 1.165) is 6.42 Å². The number of carbonyl (C=O) groups is 2. The highest BCUT2D eigenvalue weighted by Crippen LogP contribution is 2.35. The van der Waals surface area contributed by atoms with Crippen LogP contribution in [0.2, 0.25) is 5.02 Å². The highest BCUT2D eigenvalue weighted by Gasteiger charge is 2.15. The summed E-state index contributed by atoms with van der Waals surface area (Å²) in [5.74, 6) is 0.135. The molecule has 0 spiro atoms. The minimum absolute atomic E-state index is 0.203. The summed E-state index contributed by atoms with van der Waals surface area (Å²) in [6, 6.07) is 10.3. The molecule has 0 aliphatic heterocycles. The molecule has 0 atom stereocenters. The first-order chi connectivity index (χ1) is 13.0. The van der Waals surface area contributed by atoms with Gasteiger partial charge in [-0.05, 0) is 36.2 Å². The zero-order valence-corrected chi connectivity index (χ0v) is 16.1. The van der Waals surface area contributed by atoms with Gasteiger partial charge < -0.3 is 14.2 Å². The SMILES string of the molecule is CCc1ccc(OCC(=O)NNC(=O)c2cc(Cl)c(OC)c(OC)c2)cc1. The second kappa shape index (κ2) is 9.68. The first-order valence-corrected chi connectivity index (χ1v) is 8.58. The van der Waals surface area contributed by atoms with E-state index in [4.69, 9.17) is 25.8 Å². The van der Waals surface area contributed by atoms with Crippen LogP contribution in [-0.2, 0) is 11.2 Å². The molecule has 0 bridgehead atoms. The van der Waals surface area contributed by atoms with Crippen LogP contribution in [0.15, 0.2) is 36.4 Å². The molecule has 7 nitrogen and oxygen atoms in total. The minimum Gasteiger partial charge on any atom is -0.493 e. The molecule has 27 heavy (non-hydrogen) atoms. The molecule has 2 N–H and O–H groups in total. The first kappa shape index (κ1) is 20.4. The summed E-state index contributed by atoms with van der Waals surface area (Å²) in [6.45, 7) is 1.82. The number of carbonyl (C=O) groups excluding carboxylic acids is 2. The monoisotopic (exact) mass is 392 g/mol. The van der Waals surface area contributed by atoms with Crippen molar-refractivity contribution in [1.29, 1.82) is 0 Å². The van der Waals surface area contributed by atoms with Gasteiger partial charge in [0.25, 0.3) is 11.8 Å². The lowest BCUT2D eigenvalue weighted by atomic mass is 10.2. The maximum Gasteiger partial charge on any atom is 0.276 e. The van der Waals surface area contributed by atoms with Gasteiger partial charge in [0, 0.05) is 5.56 Å². The Labute approximate surface area is 162 Å². The molecule has 2 aromatic carbocycles. The van der Waals surface area contributed by atoms with E-state index in [9.17, 15) is 9.59 Å². The number of amides is 2. The Morgan fingerprint density at radius 1 is 1.04 bits per heavy atom. The third kappa shape index (κ3) is 5.52. The number of methoxy groups -OCH3 is 2. The van der Waals surface area contributed by atoms with Crippen molar-refractivity contribution in [1.82, 2.24) is 10.9 Å². The third-order valence-corrected chi connectivity index (χ3v) is 3.99. The van der Waals surface area contributed by atoms with Gasteiger partial charge in [0.2, 0.25) is 0 Å². The maximum absolute atomic E-state index is 12.2. The Balaban J connectivity index is 1.89. The summed E-state index contributed by atoms with van der Waals surface area (Å²) >= 11 is 6.07. The Hall–Kier alpha value is -2.93. The van der Waals surface area contributed by atoms with Crippen LogP contribution in [-0.4, -0.2) is 32.6 Å². The predicted octanol–water partition coefficient (Wildman–Crippen LogP) is 2.76. The van der Waals surface area contributed by atoms with Crippen LogP contribution in [0.1, 0.15) is 22.8 Å². The lowest BCUT2D eigenvalue weighted by molar-refractivity contribution is -0.123. The van der Waals surface area contributed by atoms with Crippen LogP contribution in [0.25, 0.3) is 0 Å². The largest absolute Gasteiger partial charge is 0.493 e. The number of halogens is 1. The lowest BCUT2D eigenvalue weighted by Crippen LogP contribution is -2.43. The van der Waals surface area contributed by atoms with Crippen LogP contribution in [0.5, 0.6) is 17.2 Å². The molecule has 0 saturated carbocycles. The van der Waals surface area contributed by atoms with Crippen LogP contribution in [0.3, 0.4) is 0 Å². The normalized spacial score (nSPS) is 10.1. The van der Waals surface area contributed by atoms with Crippen molar-refractivity contribution in [3.05, 3.63) is 52.5 Å². The van der Waals surface area contributed by atoms with E-state index in [-0.39, 0.29) is 17.2 Å². The molecule has 0 radical (unpaired) electrons. The molecule has 0 heterocycles. The molecular weight excluding hydrogens is 372 g/mol. The standard InChI is InChI=1S/C19H21ClN2O5/c1-4-12-5-7-14(8-6-12)27-11-17(23)21-22-19(24)13-9-15(20)18(26-3)16(10-13)25-2/h5-10H,4,11H2,1-3H3,(H,21,23)(H,22,24). The van der Waals surface area contributed by atoms with Crippen molar-refractivity contribution in [3.63, 3.8) is 0 Å². The fraction of sp³-hybridized carbons (Fsp3) is 0.263. The lowest BCUT2D eigenvalue weighted by Gasteiger charge is -2.12. The molecule has 2 aromatic rings. The maximum atomic E-state index is 12.2. The number of ether oxygens (including phenoxy) is 3. The molecule has 0 aliphatic rings. The summed E-state index contributed by atoms with van der Waals surface area (Å²) in [5.41, 5.74) is 5.95. The summed E-state index contributed by atoms with van der Waals surface area (Å²) in [6.07, 6.45) is 0.924. The van der Waals surface area contributed by atoms with Gasteiger partial charge in [0.15, 0.2) is 18.1 Å². The van der Waals surface area contributed by atoms with Crippen LogP contribution in [0, 0.1) is 0 Å². The van der Waals surface area contributed by atoms with Gasteiger partial charge in [0.05, 0.1) is 19.2 Å². The van der Waals surface area contributed by atoms with Crippen molar-refractivity contribution in [3.8, 4) is 17.2 Å². The van der Waals surface area contributed by atoms with E-state index >= 15 is 0 Å². The molecule has 0 saturated heterocycles. The third-order valence-electron chi connectivity index (χ3n) is 3.71. The molecule has 144 valence electrons. The van der Waals surface area contributed by atoms with Crippen molar-refractivity contribution in [2.24, 2.45) is 0 Å². The topological polar surface area (TPSA) is 85.9 Å². The number of nitrogens with one attached hydrogen (secondary N) is 2. The average Bonchev–Trinajstić information content (AvgIpc) is 2.69. The number of benzene rings is 2. The van der Waals surface area contributed by atoms with E-state index in [1.165, 1.54) is 31.9 Å². The van der Waals surface area contributed by atoms with E-state index in [0.29, 0.717) is 17.2 Å². The summed E-state index contributed by atoms with van der Waals surface area (Å²) in [4.78, 5) is 24.0. The number of hydrazine groups is 1. The fourth-order valence-electron chi connectivity index (χ4n) is 2.25. The first-order valence-electron chi connectivity index (χ1n) is 8.21. The fourth-order valence-corrected chi connectivity index (χ4v) is 2.54. The molecular formula is C19H21ClN2O5. The van der Waals surface area contributed by atoms with Gasteiger partial charge in [-0.1, -0.05) is 30.7 Å². The van der Waals surface area contributed by atoms with Gasteiger partial charge in [-0.3, -0.25) is 20.4 Å². The second-order valence-corrected chi connectivity index (χ2v) is 5.89. The zero-order chi connectivity index (χ0) is 19.8. The minimum atomic E-state index is -0.557. The van der Waals surface area contributed by atoms with E-state index in [1.807, 2.05) is 12.1 Å². The summed E-state index contributed by atoms with van der Waals surface area (Å²) < 4.78 is 15.6. The molecule has 2 amide bonds. The van der Waals surface area contributed by atoms with E-state index in [1.54, 1.807) is 12.1 Å². The highest BCUT2D eigenvalue weighted by atomic mass is 35.5. The smallest absolute Gasteiger partial charge is 0.276 e. The van der Waals surface area contributed by atoms with Crippen molar-refractivity contribution >= 4 is 23.4 Å². The van der Waals surface area contributed by atoms with Gasteiger partial charge in [-0.2, -0.15) is 0 Å². The Kier molecular flexibility index (Phi) is 7.31. The molecule has 0 fully saturated rings. The molecule has 2 rings (SSSR count). The van der Waals surface area contributed by atoms with E-state index < -0.39 is 11.8 Å². The van der Waals surface area contributed by atoms with Crippen LogP contribution < -0.4 is 25.1 Å². The molecule has 0 unspecified atom stereocenters. The Bertz CT molecular complexity index is 808. The number of aryl methyl sites for hydroxylation is 1. The molecule has 0 aromatic heterocycles. The second-order valence-electron chi connectivity index (χ2n) is 5.48. The number of rotatable bonds is 7. The zero-order valence-electron chi connectivity index (χ0n) is 15.3. The van der Waals surface area contributed by atoms with Gasteiger partial charge in [0.1, 0.15) is 5.75 Å². The van der Waals surface area contributed by atoms with Gasteiger partial charge >= 0.3 is 0 Å². The van der Waals surface area contributed by atoms with Crippen molar-refractivity contribution in [2.45, 2.75) is 13.3 Å². The van der Waals surface area contributed by atoms with Crippen molar-refractivity contribution in [2.75, 3.05) is 20.8 Å². The van der Waals surface area contributed by atoms with Gasteiger partial charge in [-0.15, -0.1) is 0 Å². The summed E-state index contributed by atoms with van der Waals surface area (Å²) in [5, 5.41) is 0.215. The highest BCUT2D eigenvalue weighted by molar-refractivity contribution is 6.32. The van der Waals surface area contributed by atoms with Crippen molar-refractivity contribution < 1.29 is 23.8 Å². The number of hydrogen-bond donors (Lipinski definition) is 2. The molecule has 0 aliphatic carbocycles. The average molecular weight is 393 g/mol. The number of hydrogen-bond acceptors (Lipinski definition) is 5. The molecule has 8 heteroatoms. The Morgan fingerprint density at radius 2 is 1.74 bits per heavy atom.